The van der Waals surface area contributed by atoms with Crippen LogP contribution in [0.4, 0.5) is 13.2 Å². The van der Waals surface area contributed by atoms with Crippen molar-refractivity contribution in [3.8, 4) is 16.9 Å². The van der Waals surface area contributed by atoms with Gasteiger partial charge in [0, 0.05) is 12.5 Å². The Morgan fingerprint density at radius 3 is 2.06 bits per heavy atom. The third-order valence-electron chi connectivity index (χ3n) is 4.10. The van der Waals surface area contributed by atoms with E-state index in [1.54, 1.807) is 31.2 Å². The van der Waals surface area contributed by atoms with Gasteiger partial charge in [0.25, 0.3) is 0 Å². The summed E-state index contributed by atoms with van der Waals surface area (Å²) in [6, 6.07) is 13.1. The molecule has 32 heavy (non-hydrogen) atoms. The number of sulfonamides is 1. The number of benzene rings is 2. The van der Waals surface area contributed by atoms with Gasteiger partial charge in [-0.05, 0) is 44.2 Å². The Hall–Kier alpha value is -3.18. The number of esters is 1. The smallest absolute Gasteiger partial charge is 0.435 e. The average molecular weight is 469 g/mol. The number of ether oxygens (including phenoxy) is 1. The van der Waals surface area contributed by atoms with Gasteiger partial charge in [-0.25, -0.2) is 18.2 Å². The molecular formula is C21H22F3N3O4S. The largest absolute Gasteiger partial charge is 0.466 e. The van der Waals surface area contributed by atoms with Gasteiger partial charge in [-0.3, -0.25) is 4.79 Å². The van der Waals surface area contributed by atoms with Crippen LogP contribution in [-0.2, 0) is 25.7 Å². The SMILES string of the molecule is CCOC(C)=O.Cc1ccc(-c2cc(C(F)(F)F)nn2-c2ccc(S(N)(=O)=O)cc2)cc1. The second-order valence-corrected chi connectivity index (χ2v) is 8.22. The fraction of sp³-hybridized carbons (Fsp3) is 0.238. The lowest BCUT2D eigenvalue weighted by Gasteiger charge is -2.09. The van der Waals surface area contributed by atoms with Crippen molar-refractivity contribution in [1.29, 1.82) is 0 Å². The van der Waals surface area contributed by atoms with Crippen LogP contribution < -0.4 is 5.14 Å². The summed E-state index contributed by atoms with van der Waals surface area (Å²) in [6.45, 7) is 5.52. The Bertz CT molecular complexity index is 1170. The van der Waals surface area contributed by atoms with E-state index in [-0.39, 0.29) is 22.2 Å². The van der Waals surface area contributed by atoms with Crippen LogP contribution >= 0.6 is 0 Å². The van der Waals surface area contributed by atoms with Crippen molar-refractivity contribution < 1.29 is 31.1 Å². The van der Waals surface area contributed by atoms with Crippen molar-refractivity contribution in [2.75, 3.05) is 6.61 Å². The lowest BCUT2D eigenvalue weighted by atomic mass is 10.1. The summed E-state index contributed by atoms with van der Waals surface area (Å²) in [7, 11) is -3.90. The molecule has 0 aliphatic carbocycles. The molecule has 0 atom stereocenters. The van der Waals surface area contributed by atoms with Gasteiger partial charge in [-0.1, -0.05) is 29.8 Å². The van der Waals surface area contributed by atoms with E-state index in [4.69, 9.17) is 5.14 Å². The number of carbonyl (C=O) groups is 1. The van der Waals surface area contributed by atoms with E-state index in [1.807, 2.05) is 6.92 Å². The van der Waals surface area contributed by atoms with Gasteiger partial charge in [-0.2, -0.15) is 18.3 Å². The Morgan fingerprint density at radius 2 is 1.66 bits per heavy atom. The van der Waals surface area contributed by atoms with E-state index >= 15 is 0 Å². The van der Waals surface area contributed by atoms with Crippen molar-refractivity contribution in [3.63, 3.8) is 0 Å². The Labute approximate surface area is 183 Å². The highest BCUT2D eigenvalue weighted by molar-refractivity contribution is 7.89. The average Bonchev–Trinajstić information content (AvgIpc) is 3.14. The Kier molecular flexibility index (Phi) is 7.81. The van der Waals surface area contributed by atoms with Crippen molar-refractivity contribution >= 4 is 16.0 Å². The first-order chi connectivity index (χ1) is 14.8. The zero-order valence-corrected chi connectivity index (χ0v) is 18.4. The fourth-order valence-corrected chi connectivity index (χ4v) is 3.14. The first kappa shape index (κ1) is 25.1. The number of nitrogens with two attached hydrogens (primary N) is 1. The van der Waals surface area contributed by atoms with Crippen LogP contribution in [0.3, 0.4) is 0 Å². The molecule has 0 spiro atoms. The van der Waals surface area contributed by atoms with Crippen molar-refractivity contribution in [2.45, 2.75) is 31.8 Å². The van der Waals surface area contributed by atoms with E-state index in [0.717, 1.165) is 16.3 Å². The number of hydrogen-bond donors (Lipinski definition) is 1. The number of alkyl halides is 3. The molecule has 0 fully saturated rings. The van der Waals surface area contributed by atoms with Crippen LogP contribution in [0.2, 0.25) is 0 Å². The maximum absolute atomic E-state index is 13.1. The quantitative estimate of drug-likeness (QED) is 0.580. The summed E-state index contributed by atoms with van der Waals surface area (Å²) < 4.78 is 67.6. The predicted octanol–water partition coefficient (Wildman–Crippen LogP) is 4.08. The fourth-order valence-electron chi connectivity index (χ4n) is 2.63. The molecule has 172 valence electrons. The van der Waals surface area contributed by atoms with Gasteiger partial charge < -0.3 is 4.74 Å². The molecule has 0 bridgehead atoms. The zero-order chi connectivity index (χ0) is 24.1. The number of halogens is 3. The molecule has 0 aliphatic heterocycles. The van der Waals surface area contributed by atoms with Gasteiger partial charge >= 0.3 is 12.1 Å². The van der Waals surface area contributed by atoms with E-state index < -0.39 is 21.9 Å². The summed E-state index contributed by atoms with van der Waals surface area (Å²) in [5.41, 5.74) is 0.996. The summed E-state index contributed by atoms with van der Waals surface area (Å²) >= 11 is 0. The van der Waals surface area contributed by atoms with Gasteiger partial charge in [0.2, 0.25) is 10.0 Å². The molecule has 2 aromatic carbocycles. The first-order valence-electron chi connectivity index (χ1n) is 9.34. The molecule has 0 saturated carbocycles. The number of nitrogens with zero attached hydrogens (tertiary/aromatic N) is 2. The maximum Gasteiger partial charge on any atom is 0.435 e. The lowest BCUT2D eigenvalue weighted by Crippen LogP contribution is -2.12. The molecule has 1 heterocycles. The van der Waals surface area contributed by atoms with Crippen molar-refractivity contribution in [2.24, 2.45) is 5.14 Å². The predicted molar refractivity (Wildman–Crippen MR) is 112 cm³/mol. The molecule has 0 aliphatic rings. The van der Waals surface area contributed by atoms with Gasteiger partial charge in [0.05, 0.1) is 22.9 Å². The van der Waals surface area contributed by atoms with Gasteiger partial charge in [0.1, 0.15) is 0 Å². The highest BCUT2D eigenvalue weighted by atomic mass is 32.2. The lowest BCUT2D eigenvalue weighted by molar-refractivity contribution is -0.141. The Morgan fingerprint density at radius 1 is 1.09 bits per heavy atom. The standard InChI is InChI=1S/C17H14F3N3O2S.C4H8O2/c1-11-2-4-12(5-3-11)15-10-16(17(18,19)20)22-23(15)13-6-8-14(9-7-13)26(21,24)25;1-3-6-4(2)5/h2-10H,1H3,(H2,21,24,25);3H2,1-2H3. The van der Waals surface area contributed by atoms with Gasteiger partial charge in [0.15, 0.2) is 5.69 Å². The van der Waals surface area contributed by atoms with E-state index in [1.165, 1.54) is 31.2 Å². The van der Waals surface area contributed by atoms with Crippen LogP contribution in [0.15, 0.2) is 59.5 Å². The summed E-state index contributed by atoms with van der Waals surface area (Å²) in [6.07, 6.45) is -4.61. The van der Waals surface area contributed by atoms with E-state index in [2.05, 4.69) is 9.84 Å². The normalized spacial score (nSPS) is 11.5. The number of aromatic nitrogens is 2. The maximum atomic E-state index is 13.1. The molecule has 3 aromatic rings. The zero-order valence-electron chi connectivity index (χ0n) is 17.6. The molecule has 0 unspecified atom stereocenters. The highest BCUT2D eigenvalue weighted by Gasteiger charge is 2.35. The second-order valence-electron chi connectivity index (χ2n) is 6.65. The minimum absolute atomic E-state index is 0.138. The molecule has 0 saturated heterocycles. The number of aryl methyl sites for hydroxylation is 1. The van der Waals surface area contributed by atoms with Gasteiger partial charge in [-0.15, -0.1) is 0 Å². The van der Waals surface area contributed by atoms with Crippen molar-refractivity contribution in [3.05, 3.63) is 65.9 Å². The highest BCUT2D eigenvalue weighted by Crippen LogP contribution is 2.33. The first-order valence-corrected chi connectivity index (χ1v) is 10.9. The van der Waals surface area contributed by atoms with Crippen LogP contribution in [0.25, 0.3) is 16.9 Å². The Balaban J connectivity index is 0.000000534. The van der Waals surface area contributed by atoms with Crippen molar-refractivity contribution in [1.82, 2.24) is 9.78 Å². The molecule has 1 aromatic heterocycles. The molecule has 2 N–H and O–H groups in total. The molecule has 0 amide bonds. The number of carbonyl (C=O) groups excluding carboxylic acids is 1. The van der Waals surface area contributed by atoms with Crippen LogP contribution in [0.5, 0.6) is 0 Å². The molecule has 3 rings (SSSR count). The molecular weight excluding hydrogens is 447 g/mol. The van der Waals surface area contributed by atoms with E-state index in [9.17, 15) is 26.4 Å². The molecule has 0 radical (unpaired) electrons. The molecule has 7 nitrogen and oxygen atoms in total. The minimum Gasteiger partial charge on any atom is -0.466 e. The summed E-state index contributed by atoms with van der Waals surface area (Å²) in [5.74, 6) is -0.211. The second kappa shape index (κ2) is 9.96. The summed E-state index contributed by atoms with van der Waals surface area (Å²) in [5, 5.41) is 8.70. The van der Waals surface area contributed by atoms with Crippen LogP contribution in [0.1, 0.15) is 25.1 Å². The van der Waals surface area contributed by atoms with Crippen LogP contribution in [0, 0.1) is 6.92 Å². The topological polar surface area (TPSA) is 104 Å². The summed E-state index contributed by atoms with van der Waals surface area (Å²) in [4.78, 5) is 9.68. The third kappa shape index (κ3) is 6.66. The minimum atomic E-state index is -4.61. The number of rotatable bonds is 4. The van der Waals surface area contributed by atoms with E-state index in [0.29, 0.717) is 12.2 Å². The molecule has 11 heteroatoms. The third-order valence-corrected chi connectivity index (χ3v) is 5.03. The number of primary sulfonamides is 1. The monoisotopic (exact) mass is 469 g/mol. The van der Waals surface area contributed by atoms with Crippen LogP contribution in [-0.4, -0.2) is 30.8 Å². The number of hydrogen-bond acceptors (Lipinski definition) is 5.